The van der Waals surface area contributed by atoms with E-state index in [9.17, 15) is 9.59 Å². The molecule has 0 aromatic heterocycles. The molecular formula is C14H24N2O2. The summed E-state index contributed by atoms with van der Waals surface area (Å²) in [6.07, 6.45) is 7.62. The quantitative estimate of drug-likeness (QED) is 0.709. The first-order valence-corrected chi connectivity index (χ1v) is 6.71. The fourth-order valence-corrected chi connectivity index (χ4v) is 2.33. The summed E-state index contributed by atoms with van der Waals surface area (Å²) < 4.78 is 0. The van der Waals surface area contributed by atoms with Gasteiger partial charge in [-0.3, -0.25) is 9.59 Å². The molecule has 0 radical (unpaired) electrons. The van der Waals surface area contributed by atoms with Gasteiger partial charge in [0, 0.05) is 6.42 Å². The van der Waals surface area contributed by atoms with Crippen LogP contribution in [0.2, 0.25) is 0 Å². The van der Waals surface area contributed by atoms with Crippen molar-refractivity contribution in [2.75, 3.05) is 0 Å². The van der Waals surface area contributed by atoms with E-state index < -0.39 is 11.9 Å². The molecule has 0 saturated heterocycles. The van der Waals surface area contributed by atoms with Gasteiger partial charge in [-0.05, 0) is 39.0 Å². The molecule has 4 nitrogen and oxygen atoms in total. The molecule has 0 aromatic rings. The first-order valence-electron chi connectivity index (χ1n) is 6.71. The standard InChI is InChI=1S/C14H24N2O2/c1-10(2)7-8-12(14(15)18)16-13(17)9-11-5-3-4-6-11/h7,11-12H,3-6,8-9H2,1-2H3,(H2,15,18)(H,16,17)/t12-/m0/s1. The van der Waals surface area contributed by atoms with Crippen LogP contribution < -0.4 is 11.1 Å². The Bertz CT molecular complexity index is 327. The van der Waals surface area contributed by atoms with Crippen molar-refractivity contribution >= 4 is 11.8 Å². The Morgan fingerprint density at radius 2 is 1.94 bits per heavy atom. The lowest BCUT2D eigenvalue weighted by Gasteiger charge is -2.15. The maximum absolute atomic E-state index is 11.8. The highest BCUT2D eigenvalue weighted by atomic mass is 16.2. The molecule has 4 heteroatoms. The number of nitrogens with one attached hydrogen (secondary N) is 1. The number of carbonyl (C=O) groups is 2. The molecule has 1 aliphatic carbocycles. The Labute approximate surface area is 109 Å². The zero-order chi connectivity index (χ0) is 13.5. The van der Waals surface area contributed by atoms with Crippen LogP contribution >= 0.6 is 0 Å². The second-order valence-corrected chi connectivity index (χ2v) is 5.39. The van der Waals surface area contributed by atoms with Gasteiger partial charge in [-0.2, -0.15) is 0 Å². The monoisotopic (exact) mass is 252 g/mol. The van der Waals surface area contributed by atoms with Crippen LogP contribution in [0.4, 0.5) is 0 Å². The summed E-state index contributed by atoms with van der Waals surface area (Å²) in [5.41, 5.74) is 6.41. The molecule has 0 aliphatic heterocycles. The molecule has 2 amide bonds. The van der Waals surface area contributed by atoms with Crippen LogP contribution in [0.15, 0.2) is 11.6 Å². The van der Waals surface area contributed by atoms with E-state index in [-0.39, 0.29) is 5.91 Å². The van der Waals surface area contributed by atoms with Gasteiger partial charge in [-0.15, -0.1) is 0 Å². The van der Waals surface area contributed by atoms with E-state index in [1.54, 1.807) is 0 Å². The minimum Gasteiger partial charge on any atom is -0.368 e. The van der Waals surface area contributed by atoms with Crippen LogP contribution in [0.3, 0.4) is 0 Å². The van der Waals surface area contributed by atoms with Crippen molar-refractivity contribution in [3.63, 3.8) is 0 Å². The number of hydrogen-bond acceptors (Lipinski definition) is 2. The van der Waals surface area contributed by atoms with Gasteiger partial charge in [0.15, 0.2) is 0 Å². The van der Waals surface area contributed by atoms with E-state index in [0.29, 0.717) is 18.8 Å². The summed E-state index contributed by atoms with van der Waals surface area (Å²) in [5.74, 6) is -0.0258. The molecule has 102 valence electrons. The maximum atomic E-state index is 11.8. The number of carbonyl (C=O) groups excluding carboxylic acids is 2. The van der Waals surface area contributed by atoms with Gasteiger partial charge in [0.1, 0.15) is 6.04 Å². The summed E-state index contributed by atoms with van der Waals surface area (Å²) in [4.78, 5) is 23.1. The van der Waals surface area contributed by atoms with E-state index in [2.05, 4.69) is 5.32 Å². The second kappa shape index (κ2) is 7.19. The van der Waals surface area contributed by atoms with Crippen LogP contribution in [0.25, 0.3) is 0 Å². The van der Waals surface area contributed by atoms with E-state index in [1.807, 2.05) is 19.9 Å². The predicted molar refractivity (Wildman–Crippen MR) is 71.7 cm³/mol. The smallest absolute Gasteiger partial charge is 0.240 e. The van der Waals surface area contributed by atoms with Crippen molar-refractivity contribution in [3.05, 3.63) is 11.6 Å². The normalized spacial score (nSPS) is 17.2. The van der Waals surface area contributed by atoms with Crippen molar-refractivity contribution in [1.29, 1.82) is 0 Å². The zero-order valence-corrected chi connectivity index (χ0v) is 11.4. The highest BCUT2D eigenvalue weighted by molar-refractivity contribution is 5.86. The third-order valence-corrected chi connectivity index (χ3v) is 3.39. The van der Waals surface area contributed by atoms with Gasteiger partial charge in [0.25, 0.3) is 0 Å². The number of hydrogen-bond donors (Lipinski definition) is 2. The molecule has 1 rings (SSSR count). The average Bonchev–Trinajstić information content (AvgIpc) is 2.76. The Morgan fingerprint density at radius 1 is 1.33 bits per heavy atom. The number of primary amides is 1. The average molecular weight is 252 g/mol. The fraction of sp³-hybridized carbons (Fsp3) is 0.714. The highest BCUT2D eigenvalue weighted by Crippen LogP contribution is 2.27. The molecule has 0 spiro atoms. The number of nitrogens with two attached hydrogens (primary N) is 1. The van der Waals surface area contributed by atoms with Gasteiger partial charge in [0.2, 0.25) is 11.8 Å². The SMILES string of the molecule is CC(C)=CC[C@H](NC(=O)CC1CCCC1)C(N)=O. The predicted octanol–water partition coefficient (Wildman–Crippen LogP) is 1.89. The van der Waals surface area contributed by atoms with Crippen molar-refractivity contribution in [2.45, 2.75) is 58.4 Å². The second-order valence-electron chi connectivity index (χ2n) is 5.39. The van der Waals surface area contributed by atoms with Crippen LogP contribution in [0.1, 0.15) is 52.4 Å². The minimum atomic E-state index is -0.575. The Hall–Kier alpha value is -1.32. The molecular weight excluding hydrogens is 228 g/mol. The van der Waals surface area contributed by atoms with Gasteiger partial charge in [0.05, 0.1) is 0 Å². The van der Waals surface area contributed by atoms with Crippen LogP contribution in [-0.4, -0.2) is 17.9 Å². The number of rotatable bonds is 6. The third-order valence-electron chi connectivity index (χ3n) is 3.39. The van der Waals surface area contributed by atoms with Crippen molar-refractivity contribution in [2.24, 2.45) is 11.7 Å². The van der Waals surface area contributed by atoms with Crippen molar-refractivity contribution < 1.29 is 9.59 Å². The molecule has 3 N–H and O–H groups in total. The van der Waals surface area contributed by atoms with Gasteiger partial charge < -0.3 is 11.1 Å². The van der Waals surface area contributed by atoms with Crippen molar-refractivity contribution in [3.8, 4) is 0 Å². The summed E-state index contributed by atoms with van der Waals surface area (Å²) in [6, 6.07) is -0.575. The lowest BCUT2D eigenvalue weighted by molar-refractivity contribution is -0.127. The minimum absolute atomic E-state index is 0.0483. The summed E-state index contributed by atoms with van der Waals surface area (Å²) >= 11 is 0. The molecule has 1 atom stereocenters. The molecule has 1 saturated carbocycles. The topological polar surface area (TPSA) is 72.2 Å². The lowest BCUT2D eigenvalue weighted by Crippen LogP contribution is -2.44. The Morgan fingerprint density at radius 3 is 2.44 bits per heavy atom. The van der Waals surface area contributed by atoms with Gasteiger partial charge in [-0.25, -0.2) is 0 Å². The largest absolute Gasteiger partial charge is 0.368 e. The van der Waals surface area contributed by atoms with E-state index in [4.69, 9.17) is 5.73 Å². The Kier molecular flexibility index (Phi) is 5.89. The van der Waals surface area contributed by atoms with Crippen molar-refractivity contribution in [1.82, 2.24) is 5.32 Å². The van der Waals surface area contributed by atoms with E-state index in [0.717, 1.165) is 18.4 Å². The molecule has 0 aromatic carbocycles. The summed E-state index contributed by atoms with van der Waals surface area (Å²) in [6.45, 7) is 3.91. The van der Waals surface area contributed by atoms with Gasteiger partial charge >= 0.3 is 0 Å². The number of amides is 2. The first-order chi connectivity index (χ1) is 8.49. The Balaban J connectivity index is 2.41. The van der Waals surface area contributed by atoms with Crippen LogP contribution in [-0.2, 0) is 9.59 Å². The zero-order valence-electron chi connectivity index (χ0n) is 11.4. The first kappa shape index (κ1) is 14.7. The highest BCUT2D eigenvalue weighted by Gasteiger charge is 2.21. The third kappa shape index (κ3) is 5.34. The number of allylic oxidation sites excluding steroid dienone is 1. The van der Waals surface area contributed by atoms with Gasteiger partial charge in [-0.1, -0.05) is 24.5 Å². The lowest BCUT2D eigenvalue weighted by atomic mass is 10.0. The van der Waals surface area contributed by atoms with Crippen LogP contribution in [0, 0.1) is 5.92 Å². The molecule has 1 fully saturated rings. The maximum Gasteiger partial charge on any atom is 0.240 e. The fourth-order valence-electron chi connectivity index (χ4n) is 2.33. The molecule has 1 aliphatic rings. The molecule has 0 heterocycles. The molecule has 0 unspecified atom stereocenters. The molecule has 0 bridgehead atoms. The van der Waals surface area contributed by atoms with Crippen LogP contribution in [0.5, 0.6) is 0 Å². The molecule has 18 heavy (non-hydrogen) atoms. The van der Waals surface area contributed by atoms with E-state index in [1.165, 1.54) is 12.8 Å². The summed E-state index contributed by atoms with van der Waals surface area (Å²) in [5, 5.41) is 2.74. The van der Waals surface area contributed by atoms with E-state index >= 15 is 0 Å². The summed E-state index contributed by atoms with van der Waals surface area (Å²) in [7, 11) is 0.